The molecule has 0 unspecified atom stereocenters. The molecule has 0 aliphatic heterocycles. The molecule has 1 heterocycles. The van der Waals surface area contributed by atoms with Crippen LogP contribution in [0.2, 0.25) is 10.0 Å². The highest BCUT2D eigenvalue weighted by molar-refractivity contribution is 6.36. The molecule has 3 aromatic carbocycles. The van der Waals surface area contributed by atoms with Crippen molar-refractivity contribution in [1.82, 2.24) is 9.97 Å². The van der Waals surface area contributed by atoms with E-state index in [0.717, 1.165) is 10.9 Å². The Balaban J connectivity index is 1.81. The number of nitrogens with one attached hydrogen (secondary N) is 1. The van der Waals surface area contributed by atoms with Crippen molar-refractivity contribution >= 4 is 51.6 Å². The van der Waals surface area contributed by atoms with Crippen molar-refractivity contribution in [3.8, 4) is 11.4 Å². The van der Waals surface area contributed by atoms with Crippen LogP contribution in [0.5, 0.6) is 0 Å². The van der Waals surface area contributed by atoms with Gasteiger partial charge in [0, 0.05) is 21.7 Å². The van der Waals surface area contributed by atoms with Gasteiger partial charge in [-0.1, -0.05) is 47.5 Å². The Morgan fingerprint density at radius 3 is 2.39 bits per heavy atom. The van der Waals surface area contributed by atoms with E-state index in [-0.39, 0.29) is 5.56 Å². The van der Waals surface area contributed by atoms with Gasteiger partial charge in [-0.25, -0.2) is 9.97 Å². The van der Waals surface area contributed by atoms with Gasteiger partial charge in [-0.15, -0.1) is 0 Å². The van der Waals surface area contributed by atoms with Crippen LogP contribution in [-0.2, 0) is 0 Å². The van der Waals surface area contributed by atoms with Crippen LogP contribution in [-0.4, -0.2) is 15.9 Å². The molecule has 7 heteroatoms. The van der Waals surface area contributed by atoms with Crippen molar-refractivity contribution in [2.75, 3.05) is 5.32 Å². The van der Waals surface area contributed by atoms with Gasteiger partial charge >= 0.3 is 0 Å². The Morgan fingerprint density at radius 1 is 0.929 bits per heavy atom. The average Bonchev–Trinajstić information content (AvgIpc) is 2.68. The van der Waals surface area contributed by atoms with Gasteiger partial charge in [-0.2, -0.15) is 0 Å². The molecular weight excluding hydrogens is 397 g/mol. The summed E-state index contributed by atoms with van der Waals surface area (Å²) in [5, 5.41) is 15.9. The fourth-order valence-electron chi connectivity index (χ4n) is 2.79. The highest BCUT2D eigenvalue weighted by Crippen LogP contribution is 2.32. The van der Waals surface area contributed by atoms with E-state index in [4.69, 9.17) is 23.2 Å². The Kier molecular flexibility index (Phi) is 4.86. The smallest absolute Gasteiger partial charge is 0.163 e. The van der Waals surface area contributed by atoms with Gasteiger partial charge < -0.3 is 15.2 Å². The maximum absolute atomic E-state index is 10.9. The van der Waals surface area contributed by atoms with Crippen LogP contribution in [0.1, 0.15) is 10.4 Å². The fraction of sp³-hybridized carbons (Fsp3) is 0. The second kappa shape index (κ2) is 7.46. The minimum Gasteiger partial charge on any atom is -0.545 e. The third kappa shape index (κ3) is 3.63. The summed E-state index contributed by atoms with van der Waals surface area (Å²) in [6, 6.07) is 19.0. The first-order chi connectivity index (χ1) is 13.5. The highest BCUT2D eigenvalue weighted by Gasteiger charge is 2.12. The predicted molar refractivity (Wildman–Crippen MR) is 109 cm³/mol. The SMILES string of the molecule is O=C([O-])c1ccc(Nc2nc(-c3ccc(Cl)cc3Cl)nc3ccccc23)cc1. The van der Waals surface area contributed by atoms with Gasteiger partial charge in [0.25, 0.3) is 0 Å². The molecule has 28 heavy (non-hydrogen) atoms. The van der Waals surface area contributed by atoms with Gasteiger partial charge in [0.05, 0.1) is 16.5 Å². The van der Waals surface area contributed by atoms with E-state index in [0.29, 0.717) is 32.9 Å². The lowest BCUT2D eigenvalue weighted by Gasteiger charge is -2.12. The summed E-state index contributed by atoms with van der Waals surface area (Å²) < 4.78 is 0. The molecule has 0 saturated heterocycles. The molecule has 138 valence electrons. The van der Waals surface area contributed by atoms with Gasteiger partial charge in [0.2, 0.25) is 0 Å². The Morgan fingerprint density at radius 2 is 1.68 bits per heavy atom. The molecule has 0 aliphatic carbocycles. The second-order valence-electron chi connectivity index (χ2n) is 6.03. The number of hydrogen-bond acceptors (Lipinski definition) is 5. The zero-order chi connectivity index (χ0) is 19.7. The molecule has 4 rings (SSSR count). The number of para-hydroxylation sites is 1. The minimum atomic E-state index is -1.22. The lowest BCUT2D eigenvalue weighted by molar-refractivity contribution is -0.255. The lowest BCUT2D eigenvalue weighted by atomic mass is 10.1. The van der Waals surface area contributed by atoms with Crippen molar-refractivity contribution in [1.29, 1.82) is 0 Å². The average molecular weight is 409 g/mol. The first-order valence-electron chi connectivity index (χ1n) is 8.32. The van der Waals surface area contributed by atoms with Crippen molar-refractivity contribution < 1.29 is 9.90 Å². The molecule has 0 saturated carbocycles. The minimum absolute atomic E-state index is 0.103. The van der Waals surface area contributed by atoms with E-state index < -0.39 is 5.97 Å². The molecule has 5 nitrogen and oxygen atoms in total. The Labute approximate surface area is 170 Å². The molecule has 0 amide bonds. The number of nitrogens with zero attached hydrogens (tertiary/aromatic N) is 2. The standard InChI is InChI=1S/C21H13Cl2N3O2/c22-13-7-10-15(17(23)11-13)19-25-18-4-2-1-3-16(18)20(26-19)24-14-8-5-12(6-9-14)21(27)28/h1-11H,(H,27,28)(H,24,25,26)/p-1. The molecule has 0 bridgehead atoms. The van der Waals surface area contributed by atoms with Crippen LogP contribution >= 0.6 is 23.2 Å². The van der Waals surface area contributed by atoms with E-state index in [1.54, 1.807) is 30.3 Å². The number of fused-ring (bicyclic) bond motifs is 1. The van der Waals surface area contributed by atoms with Crippen LogP contribution in [0, 0.1) is 0 Å². The summed E-state index contributed by atoms with van der Waals surface area (Å²) in [6.07, 6.45) is 0. The number of halogens is 2. The summed E-state index contributed by atoms with van der Waals surface area (Å²) in [6.45, 7) is 0. The van der Waals surface area contributed by atoms with Gasteiger partial charge in [0.1, 0.15) is 5.82 Å². The number of hydrogen-bond donors (Lipinski definition) is 1. The molecular formula is C21H12Cl2N3O2-. The summed E-state index contributed by atoms with van der Waals surface area (Å²) in [5.41, 5.74) is 2.19. The maximum atomic E-state index is 10.9. The van der Waals surface area contributed by atoms with Crippen LogP contribution in [0.25, 0.3) is 22.3 Å². The van der Waals surface area contributed by atoms with E-state index in [1.165, 1.54) is 12.1 Å². The molecule has 0 spiro atoms. The summed E-state index contributed by atoms with van der Waals surface area (Å²) in [7, 11) is 0. The molecule has 0 fully saturated rings. The summed E-state index contributed by atoms with van der Waals surface area (Å²) in [5.74, 6) is -0.194. The van der Waals surface area contributed by atoms with Gasteiger partial charge in [-0.3, -0.25) is 0 Å². The van der Waals surface area contributed by atoms with Gasteiger partial charge in [0.15, 0.2) is 5.82 Å². The highest BCUT2D eigenvalue weighted by atomic mass is 35.5. The Bertz CT molecular complexity index is 1190. The van der Waals surface area contributed by atoms with Crippen LogP contribution in [0.3, 0.4) is 0 Å². The molecule has 4 aromatic rings. The van der Waals surface area contributed by atoms with E-state index in [1.807, 2.05) is 24.3 Å². The van der Waals surface area contributed by atoms with Crippen molar-refractivity contribution in [3.05, 3.63) is 82.3 Å². The number of carboxylic acids is 1. The number of carboxylic acid groups (broad SMARTS) is 1. The lowest BCUT2D eigenvalue weighted by Crippen LogP contribution is -2.21. The summed E-state index contributed by atoms with van der Waals surface area (Å²) >= 11 is 12.3. The van der Waals surface area contributed by atoms with E-state index in [2.05, 4.69) is 15.3 Å². The van der Waals surface area contributed by atoms with Crippen LogP contribution in [0.4, 0.5) is 11.5 Å². The van der Waals surface area contributed by atoms with Gasteiger partial charge in [-0.05, 0) is 48.0 Å². The number of benzene rings is 3. The van der Waals surface area contributed by atoms with Crippen molar-refractivity contribution in [3.63, 3.8) is 0 Å². The number of aromatic nitrogens is 2. The molecule has 1 N–H and O–H groups in total. The fourth-order valence-corrected chi connectivity index (χ4v) is 3.28. The van der Waals surface area contributed by atoms with E-state index >= 15 is 0 Å². The predicted octanol–water partition coefficient (Wildman–Crippen LogP) is 4.71. The first-order valence-corrected chi connectivity index (χ1v) is 9.07. The van der Waals surface area contributed by atoms with Crippen LogP contribution in [0.15, 0.2) is 66.7 Å². The van der Waals surface area contributed by atoms with Crippen molar-refractivity contribution in [2.24, 2.45) is 0 Å². The normalized spacial score (nSPS) is 10.8. The molecule has 0 radical (unpaired) electrons. The Hall–Kier alpha value is -3.15. The largest absolute Gasteiger partial charge is 0.545 e. The number of aromatic carboxylic acids is 1. The number of carbonyl (C=O) groups is 1. The summed E-state index contributed by atoms with van der Waals surface area (Å²) in [4.78, 5) is 20.2. The van der Waals surface area contributed by atoms with Crippen LogP contribution < -0.4 is 10.4 Å². The van der Waals surface area contributed by atoms with Crippen molar-refractivity contribution in [2.45, 2.75) is 0 Å². The number of rotatable bonds is 4. The topological polar surface area (TPSA) is 77.9 Å². The second-order valence-corrected chi connectivity index (χ2v) is 6.87. The number of anilines is 2. The first kappa shape index (κ1) is 18.2. The monoisotopic (exact) mass is 408 g/mol. The number of carbonyl (C=O) groups excluding carboxylic acids is 1. The quantitative estimate of drug-likeness (QED) is 0.528. The molecule has 0 aliphatic rings. The zero-order valence-electron chi connectivity index (χ0n) is 14.3. The zero-order valence-corrected chi connectivity index (χ0v) is 15.8. The van der Waals surface area contributed by atoms with E-state index in [9.17, 15) is 9.90 Å². The third-order valence-electron chi connectivity index (χ3n) is 4.16. The molecule has 1 aromatic heterocycles. The maximum Gasteiger partial charge on any atom is 0.163 e. The molecule has 0 atom stereocenters. The third-order valence-corrected chi connectivity index (χ3v) is 4.71.